The van der Waals surface area contributed by atoms with Crippen LogP contribution in [0.3, 0.4) is 0 Å². The van der Waals surface area contributed by atoms with Crippen molar-refractivity contribution < 1.29 is 0 Å². The Morgan fingerprint density at radius 1 is 0.889 bits per heavy atom. The zero-order chi connectivity index (χ0) is 18.3. The molecule has 27 heavy (non-hydrogen) atoms. The fraction of sp³-hybridized carbons (Fsp3) is 0.565. The molecule has 1 aromatic carbocycles. The van der Waals surface area contributed by atoms with Crippen LogP contribution in [0.15, 0.2) is 42.6 Å². The molecule has 0 atom stereocenters. The molecule has 2 fully saturated rings. The molecule has 144 valence electrons. The third kappa shape index (κ3) is 5.21. The Balaban J connectivity index is 1.31. The van der Waals surface area contributed by atoms with Crippen molar-refractivity contribution in [3.63, 3.8) is 0 Å². The van der Waals surface area contributed by atoms with Crippen molar-refractivity contribution in [2.24, 2.45) is 5.92 Å². The van der Waals surface area contributed by atoms with Crippen molar-refractivity contribution in [2.45, 2.75) is 63.8 Å². The topological polar surface area (TPSA) is 41.1 Å². The predicted molar refractivity (Wildman–Crippen MR) is 112 cm³/mol. The molecule has 0 spiro atoms. The molecule has 4 heteroatoms. The van der Waals surface area contributed by atoms with Gasteiger partial charge in [-0.1, -0.05) is 56.0 Å². The minimum absolute atomic E-state index is 0.576. The lowest BCUT2D eigenvalue weighted by molar-refractivity contribution is 0.400. The van der Waals surface area contributed by atoms with Crippen molar-refractivity contribution in [1.29, 1.82) is 0 Å². The molecule has 0 amide bonds. The smallest absolute Gasteiger partial charge is 0.227 e. The van der Waals surface area contributed by atoms with Gasteiger partial charge in [0.15, 0.2) is 0 Å². The molecule has 1 aliphatic heterocycles. The van der Waals surface area contributed by atoms with Gasteiger partial charge in [-0.15, -0.1) is 0 Å². The van der Waals surface area contributed by atoms with E-state index in [2.05, 4.69) is 45.5 Å². The molecule has 4 rings (SSSR count). The maximum atomic E-state index is 4.83. The highest BCUT2D eigenvalue weighted by Crippen LogP contribution is 2.25. The molecule has 0 unspecified atom stereocenters. The van der Waals surface area contributed by atoms with Crippen LogP contribution >= 0.6 is 0 Å². The lowest BCUT2D eigenvalue weighted by Crippen LogP contribution is -2.35. The quantitative estimate of drug-likeness (QED) is 0.752. The summed E-state index contributed by atoms with van der Waals surface area (Å²) in [5, 5.41) is 3.66. The Labute approximate surface area is 163 Å². The van der Waals surface area contributed by atoms with Crippen LogP contribution < -0.4 is 10.2 Å². The molecule has 1 aromatic heterocycles. The van der Waals surface area contributed by atoms with Gasteiger partial charge in [0.2, 0.25) is 5.95 Å². The van der Waals surface area contributed by atoms with Crippen LogP contribution in [0, 0.1) is 5.92 Å². The first-order valence-corrected chi connectivity index (χ1v) is 10.8. The summed E-state index contributed by atoms with van der Waals surface area (Å²) in [6.45, 7) is 2.12. The summed E-state index contributed by atoms with van der Waals surface area (Å²) in [7, 11) is 0. The Kier molecular flexibility index (Phi) is 6.23. The Morgan fingerprint density at radius 2 is 1.63 bits per heavy atom. The number of benzene rings is 1. The Bertz CT molecular complexity index is 687. The highest BCUT2D eigenvalue weighted by Gasteiger charge is 2.21. The molecule has 1 saturated carbocycles. The van der Waals surface area contributed by atoms with Crippen LogP contribution in [0.1, 0.15) is 56.9 Å². The number of aromatic nitrogens is 2. The van der Waals surface area contributed by atoms with E-state index < -0.39 is 0 Å². The summed E-state index contributed by atoms with van der Waals surface area (Å²) >= 11 is 0. The maximum Gasteiger partial charge on any atom is 0.227 e. The normalized spacial score (nSPS) is 19.6. The fourth-order valence-electron chi connectivity index (χ4n) is 4.50. The van der Waals surface area contributed by atoms with Gasteiger partial charge in [-0.2, -0.15) is 4.98 Å². The zero-order valence-electron chi connectivity index (χ0n) is 16.3. The summed E-state index contributed by atoms with van der Waals surface area (Å²) in [6, 6.07) is 13.5. The largest absolute Gasteiger partial charge is 0.367 e. The van der Waals surface area contributed by atoms with Gasteiger partial charge in [0.05, 0.1) is 0 Å². The SMILES string of the molecule is c1ccc(CC2CCN(c3nccc(NC4CCCCCC4)n3)CC2)cc1. The van der Waals surface area contributed by atoms with Gasteiger partial charge in [0, 0.05) is 25.3 Å². The van der Waals surface area contributed by atoms with E-state index in [0.29, 0.717) is 6.04 Å². The van der Waals surface area contributed by atoms with Crippen molar-refractivity contribution in [1.82, 2.24) is 9.97 Å². The van der Waals surface area contributed by atoms with Gasteiger partial charge in [-0.05, 0) is 49.7 Å². The van der Waals surface area contributed by atoms with Gasteiger partial charge in [-0.25, -0.2) is 4.98 Å². The molecule has 1 saturated heterocycles. The second-order valence-electron chi connectivity index (χ2n) is 8.19. The van der Waals surface area contributed by atoms with E-state index in [9.17, 15) is 0 Å². The van der Waals surface area contributed by atoms with Crippen molar-refractivity contribution in [2.75, 3.05) is 23.3 Å². The van der Waals surface area contributed by atoms with E-state index in [1.54, 1.807) is 0 Å². The average molecular weight is 365 g/mol. The lowest BCUT2D eigenvalue weighted by Gasteiger charge is -2.32. The van der Waals surface area contributed by atoms with Crippen LogP contribution in [0.25, 0.3) is 0 Å². The Hall–Kier alpha value is -2.10. The monoisotopic (exact) mass is 364 g/mol. The molecule has 0 bridgehead atoms. The van der Waals surface area contributed by atoms with E-state index >= 15 is 0 Å². The summed E-state index contributed by atoms with van der Waals surface area (Å²) in [4.78, 5) is 11.8. The number of nitrogens with one attached hydrogen (secondary N) is 1. The summed E-state index contributed by atoms with van der Waals surface area (Å²) < 4.78 is 0. The fourth-order valence-corrected chi connectivity index (χ4v) is 4.50. The van der Waals surface area contributed by atoms with Crippen molar-refractivity contribution in [3.8, 4) is 0 Å². The zero-order valence-corrected chi connectivity index (χ0v) is 16.3. The molecule has 1 aliphatic carbocycles. The van der Waals surface area contributed by atoms with Crippen LogP contribution in [0.2, 0.25) is 0 Å². The standard InChI is InChI=1S/C23H32N4/c1-2-7-11-21(10-6-1)25-22-12-15-24-23(26-22)27-16-13-20(14-17-27)18-19-8-4-3-5-9-19/h3-5,8-9,12,15,20-21H,1-2,6-7,10-11,13-14,16-18H2,(H,24,25,26). The first kappa shape index (κ1) is 18.3. The first-order chi connectivity index (χ1) is 13.4. The number of piperidine rings is 1. The molecule has 2 aromatic rings. The summed E-state index contributed by atoms with van der Waals surface area (Å²) in [5.74, 6) is 2.67. The number of anilines is 2. The van der Waals surface area contributed by atoms with E-state index in [1.807, 2.05) is 12.3 Å². The van der Waals surface area contributed by atoms with Gasteiger partial charge in [0.1, 0.15) is 5.82 Å². The molecule has 2 aliphatic rings. The molecule has 1 N–H and O–H groups in total. The van der Waals surface area contributed by atoms with Gasteiger partial charge in [-0.3, -0.25) is 0 Å². The number of hydrogen-bond donors (Lipinski definition) is 1. The third-order valence-corrected chi connectivity index (χ3v) is 6.11. The minimum Gasteiger partial charge on any atom is -0.367 e. The van der Waals surface area contributed by atoms with Gasteiger partial charge in [0.25, 0.3) is 0 Å². The van der Waals surface area contributed by atoms with Crippen molar-refractivity contribution >= 4 is 11.8 Å². The Morgan fingerprint density at radius 3 is 2.37 bits per heavy atom. The first-order valence-electron chi connectivity index (χ1n) is 10.8. The van der Waals surface area contributed by atoms with Gasteiger partial charge >= 0.3 is 0 Å². The highest BCUT2D eigenvalue weighted by atomic mass is 15.3. The number of nitrogens with zero attached hydrogens (tertiary/aromatic N) is 3. The number of hydrogen-bond acceptors (Lipinski definition) is 4. The molecule has 0 radical (unpaired) electrons. The van der Waals surface area contributed by atoms with E-state index in [-0.39, 0.29) is 0 Å². The minimum atomic E-state index is 0.576. The van der Waals surface area contributed by atoms with Crippen LogP contribution in [0.4, 0.5) is 11.8 Å². The highest BCUT2D eigenvalue weighted by molar-refractivity contribution is 5.42. The third-order valence-electron chi connectivity index (χ3n) is 6.11. The number of rotatable bonds is 5. The van der Waals surface area contributed by atoms with Crippen molar-refractivity contribution in [3.05, 3.63) is 48.2 Å². The van der Waals surface area contributed by atoms with Crippen LogP contribution in [0.5, 0.6) is 0 Å². The van der Waals surface area contributed by atoms with Crippen LogP contribution in [-0.4, -0.2) is 29.1 Å². The second-order valence-corrected chi connectivity index (χ2v) is 8.19. The van der Waals surface area contributed by atoms with E-state index in [1.165, 1.54) is 63.4 Å². The molecular formula is C23H32N4. The summed E-state index contributed by atoms with van der Waals surface area (Å²) in [6.07, 6.45) is 13.5. The average Bonchev–Trinajstić information content (AvgIpc) is 2.98. The van der Waals surface area contributed by atoms with Crippen LogP contribution in [-0.2, 0) is 6.42 Å². The molecule has 4 nitrogen and oxygen atoms in total. The van der Waals surface area contributed by atoms with E-state index in [4.69, 9.17) is 4.98 Å². The maximum absolute atomic E-state index is 4.83. The molecule has 2 heterocycles. The van der Waals surface area contributed by atoms with Gasteiger partial charge < -0.3 is 10.2 Å². The lowest BCUT2D eigenvalue weighted by atomic mass is 9.90. The predicted octanol–water partition coefficient (Wildman–Crippen LogP) is 5.07. The second kappa shape index (κ2) is 9.20. The molecular weight excluding hydrogens is 332 g/mol. The summed E-state index contributed by atoms with van der Waals surface area (Å²) in [5.41, 5.74) is 1.46. The van der Waals surface area contributed by atoms with E-state index in [0.717, 1.165) is 30.8 Å².